The quantitative estimate of drug-likeness (QED) is 0.527. The van der Waals surface area contributed by atoms with E-state index < -0.39 is 0 Å². The van der Waals surface area contributed by atoms with Crippen LogP contribution < -0.4 is 5.32 Å². The Morgan fingerprint density at radius 3 is 2.83 bits per heavy atom. The van der Waals surface area contributed by atoms with Gasteiger partial charge in [0.05, 0.1) is 17.9 Å². The molecule has 0 bridgehead atoms. The summed E-state index contributed by atoms with van der Waals surface area (Å²) < 4.78 is 7.24. The summed E-state index contributed by atoms with van der Waals surface area (Å²) in [6.07, 6.45) is 5.17. The summed E-state index contributed by atoms with van der Waals surface area (Å²) in [5, 5.41) is 12.8. The van der Waals surface area contributed by atoms with Gasteiger partial charge in [-0.05, 0) is 50.5 Å². The van der Waals surface area contributed by atoms with Gasteiger partial charge >= 0.3 is 5.97 Å². The Morgan fingerprint density at radius 2 is 2.10 bits per heavy atom. The second-order valence-electron chi connectivity index (χ2n) is 7.79. The smallest absolute Gasteiger partial charge is 0.341 e. The average molecular weight is 435 g/mol. The Morgan fingerprint density at radius 1 is 1.31 bits per heavy atom. The maximum absolute atomic E-state index is 12.6. The van der Waals surface area contributed by atoms with E-state index in [-0.39, 0.29) is 17.6 Å². The van der Waals surface area contributed by atoms with E-state index in [0.29, 0.717) is 29.0 Å². The first-order valence-corrected chi connectivity index (χ1v) is 11.9. The zero-order valence-electron chi connectivity index (χ0n) is 17.0. The summed E-state index contributed by atoms with van der Waals surface area (Å²) in [4.78, 5) is 26.4. The number of carbonyl (C=O) groups is 2. The molecule has 9 heteroatoms. The Bertz CT molecular complexity index is 933. The van der Waals surface area contributed by atoms with Gasteiger partial charge in [0.25, 0.3) is 0 Å². The molecule has 1 atom stereocenters. The number of esters is 1. The molecule has 0 unspecified atom stereocenters. The van der Waals surface area contributed by atoms with Crippen LogP contribution in [-0.2, 0) is 29.4 Å². The molecular weight excluding hydrogens is 408 g/mol. The Hall–Kier alpha value is -1.87. The van der Waals surface area contributed by atoms with Crippen molar-refractivity contribution in [2.45, 2.75) is 57.0 Å². The van der Waals surface area contributed by atoms with Crippen molar-refractivity contribution in [1.82, 2.24) is 14.8 Å². The van der Waals surface area contributed by atoms with Gasteiger partial charge in [0.1, 0.15) is 10.8 Å². The number of hydrogen-bond acceptors (Lipinski definition) is 7. The molecule has 156 valence electrons. The summed E-state index contributed by atoms with van der Waals surface area (Å²) in [6.45, 7) is 4.33. The molecule has 0 saturated heterocycles. The maximum Gasteiger partial charge on any atom is 0.341 e. The lowest BCUT2D eigenvalue weighted by Gasteiger charge is -2.18. The average Bonchev–Trinajstić information content (AvgIpc) is 3.36. The highest BCUT2D eigenvalue weighted by atomic mass is 32.2. The highest BCUT2D eigenvalue weighted by Crippen LogP contribution is 2.41. The van der Waals surface area contributed by atoms with E-state index in [4.69, 9.17) is 4.74 Å². The van der Waals surface area contributed by atoms with E-state index in [2.05, 4.69) is 22.4 Å². The van der Waals surface area contributed by atoms with Crippen molar-refractivity contribution < 1.29 is 14.3 Å². The first-order valence-electron chi connectivity index (χ1n) is 10.1. The van der Waals surface area contributed by atoms with Gasteiger partial charge in [0.15, 0.2) is 5.16 Å². The Balaban J connectivity index is 1.46. The highest BCUT2D eigenvalue weighted by molar-refractivity contribution is 7.99. The molecule has 7 nitrogen and oxygen atoms in total. The third kappa shape index (κ3) is 4.35. The molecule has 1 amide bonds. The lowest BCUT2D eigenvalue weighted by atomic mass is 9.88. The molecule has 29 heavy (non-hydrogen) atoms. The molecule has 2 aliphatic carbocycles. The summed E-state index contributed by atoms with van der Waals surface area (Å²) in [7, 11) is 1.95. The number of amides is 1. The first kappa shape index (κ1) is 20.4. The van der Waals surface area contributed by atoms with Crippen molar-refractivity contribution >= 4 is 40.0 Å². The molecule has 0 radical (unpaired) electrons. The van der Waals surface area contributed by atoms with Gasteiger partial charge in [0, 0.05) is 17.8 Å². The van der Waals surface area contributed by atoms with Crippen LogP contribution in [0.1, 0.15) is 65.7 Å². The second kappa shape index (κ2) is 8.47. The zero-order valence-corrected chi connectivity index (χ0v) is 18.6. The lowest BCUT2D eigenvalue weighted by Crippen LogP contribution is -2.18. The van der Waals surface area contributed by atoms with Crippen molar-refractivity contribution in [3.8, 4) is 0 Å². The first-order chi connectivity index (χ1) is 14.0. The van der Waals surface area contributed by atoms with Crippen molar-refractivity contribution in [1.29, 1.82) is 0 Å². The van der Waals surface area contributed by atoms with Gasteiger partial charge in [-0.1, -0.05) is 18.7 Å². The van der Waals surface area contributed by atoms with Crippen molar-refractivity contribution in [2.24, 2.45) is 13.0 Å². The van der Waals surface area contributed by atoms with Crippen LogP contribution in [0, 0.1) is 5.92 Å². The topological polar surface area (TPSA) is 86.1 Å². The summed E-state index contributed by atoms with van der Waals surface area (Å²) >= 11 is 2.88. The number of rotatable bonds is 7. The van der Waals surface area contributed by atoms with Gasteiger partial charge in [-0.25, -0.2) is 4.79 Å². The monoisotopic (exact) mass is 434 g/mol. The standard InChI is InChI=1S/C20H26N4O3S2/c1-4-27-19(26)16-13-8-5-11(2)9-14(13)29-18(16)21-15(25)10-28-20-23-22-17(24(20)3)12-6-7-12/h11-12H,4-10H2,1-3H3,(H,21,25)/t11-/m0/s1. The largest absolute Gasteiger partial charge is 0.462 e. The molecule has 2 aliphatic rings. The van der Waals surface area contributed by atoms with E-state index >= 15 is 0 Å². The minimum absolute atomic E-state index is 0.150. The fourth-order valence-electron chi connectivity index (χ4n) is 3.70. The van der Waals surface area contributed by atoms with Gasteiger partial charge < -0.3 is 14.6 Å². The molecular formula is C20H26N4O3S2. The van der Waals surface area contributed by atoms with Crippen LogP contribution >= 0.6 is 23.1 Å². The van der Waals surface area contributed by atoms with Crippen LogP contribution in [0.15, 0.2) is 5.16 Å². The predicted molar refractivity (Wildman–Crippen MR) is 114 cm³/mol. The molecule has 1 N–H and O–H groups in total. The zero-order chi connectivity index (χ0) is 20.5. The maximum atomic E-state index is 12.6. The van der Waals surface area contributed by atoms with E-state index in [9.17, 15) is 9.59 Å². The van der Waals surface area contributed by atoms with Crippen molar-refractivity contribution in [3.63, 3.8) is 0 Å². The van der Waals surface area contributed by atoms with Crippen LogP contribution in [0.5, 0.6) is 0 Å². The van der Waals surface area contributed by atoms with Crippen LogP contribution in [0.3, 0.4) is 0 Å². The Labute approximate surface area is 178 Å². The van der Waals surface area contributed by atoms with Crippen LogP contribution in [-0.4, -0.2) is 39.0 Å². The lowest BCUT2D eigenvalue weighted by molar-refractivity contribution is -0.113. The summed E-state index contributed by atoms with van der Waals surface area (Å²) in [6, 6.07) is 0. The van der Waals surface area contributed by atoms with E-state index in [0.717, 1.165) is 48.6 Å². The number of aromatic nitrogens is 3. The molecule has 4 rings (SSSR count). The molecule has 0 aromatic carbocycles. The van der Waals surface area contributed by atoms with Gasteiger partial charge in [-0.2, -0.15) is 0 Å². The number of thioether (sulfide) groups is 1. The number of carbonyl (C=O) groups excluding carboxylic acids is 2. The third-order valence-corrected chi connectivity index (χ3v) is 7.58. The SMILES string of the molecule is CCOC(=O)c1c(NC(=O)CSc2nnc(C3CC3)n2C)sc2c1CC[C@H](C)C2. The minimum atomic E-state index is -0.343. The van der Waals surface area contributed by atoms with Gasteiger partial charge in [-0.3, -0.25) is 4.79 Å². The Kier molecular flexibility index (Phi) is 5.96. The highest BCUT2D eigenvalue weighted by Gasteiger charge is 2.30. The molecule has 2 aromatic rings. The number of nitrogens with zero attached hydrogens (tertiary/aromatic N) is 3. The van der Waals surface area contributed by atoms with Crippen LogP contribution in [0.4, 0.5) is 5.00 Å². The molecule has 1 fully saturated rings. The van der Waals surface area contributed by atoms with Crippen molar-refractivity contribution in [3.05, 3.63) is 21.8 Å². The fraction of sp³-hybridized carbons (Fsp3) is 0.600. The molecule has 2 aromatic heterocycles. The number of ether oxygens (including phenoxy) is 1. The molecule has 2 heterocycles. The predicted octanol–water partition coefficient (Wildman–Crippen LogP) is 3.79. The second-order valence-corrected chi connectivity index (χ2v) is 9.83. The molecule has 0 spiro atoms. The van der Waals surface area contributed by atoms with E-state index in [1.54, 1.807) is 6.92 Å². The summed E-state index contributed by atoms with van der Waals surface area (Å²) in [5.41, 5.74) is 1.60. The normalized spacial score (nSPS) is 18.4. The number of hydrogen-bond donors (Lipinski definition) is 1. The minimum Gasteiger partial charge on any atom is -0.462 e. The molecule has 1 saturated carbocycles. The number of anilines is 1. The number of thiophene rings is 1. The van der Waals surface area contributed by atoms with E-state index in [1.807, 2.05) is 11.6 Å². The van der Waals surface area contributed by atoms with Gasteiger partial charge in [0.2, 0.25) is 5.91 Å². The van der Waals surface area contributed by atoms with Gasteiger partial charge in [-0.15, -0.1) is 21.5 Å². The van der Waals surface area contributed by atoms with Crippen LogP contribution in [0.25, 0.3) is 0 Å². The van der Waals surface area contributed by atoms with E-state index in [1.165, 1.54) is 28.0 Å². The number of fused-ring (bicyclic) bond motifs is 1. The summed E-state index contributed by atoms with van der Waals surface area (Å²) in [5.74, 6) is 1.83. The van der Waals surface area contributed by atoms with Crippen LogP contribution in [0.2, 0.25) is 0 Å². The third-order valence-electron chi connectivity index (χ3n) is 5.39. The molecule has 0 aliphatic heterocycles. The fourth-order valence-corrected chi connectivity index (χ4v) is 5.83. The van der Waals surface area contributed by atoms with Crippen molar-refractivity contribution in [2.75, 3.05) is 17.7 Å². The number of nitrogens with one attached hydrogen (secondary N) is 1.